The zero-order valence-corrected chi connectivity index (χ0v) is 10.2. The van der Waals surface area contributed by atoms with Crippen molar-refractivity contribution in [3.8, 4) is 0 Å². The molecule has 2 fully saturated rings. The molecule has 1 aliphatic carbocycles. The van der Waals surface area contributed by atoms with Gasteiger partial charge in [0.2, 0.25) is 0 Å². The molecule has 1 saturated heterocycles. The highest BCUT2D eigenvalue weighted by Crippen LogP contribution is 2.38. The van der Waals surface area contributed by atoms with Crippen molar-refractivity contribution in [1.29, 1.82) is 0 Å². The summed E-state index contributed by atoms with van der Waals surface area (Å²) in [6, 6.07) is 0. The van der Waals surface area contributed by atoms with Gasteiger partial charge < -0.3 is 19.3 Å². The highest BCUT2D eigenvalue weighted by Gasteiger charge is 2.44. The molecule has 2 atom stereocenters. The quantitative estimate of drug-likeness (QED) is 0.750. The lowest BCUT2D eigenvalue weighted by Crippen LogP contribution is -2.36. The molecule has 1 N–H and O–H groups in total. The average Bonchev–Trinajstić information content (AvgIpc) is 2.74. The summed E-state index contributed by atoms with van der Waals surface area (Å²) in [6.45, 7) is 0.359. The van der Waals surface area contributed by atoms with Gasteiger partial charge >= 0.3 is 5.97 Å². The van der Waals surface area contributed by atoms with Crippen molar-refractivity contribution in [2.24, 2.45) is 0 Å². The van der Waals surface area contributed by atoms with Crippen LogP contribution in [0.15, 0.2) is 0 Å². The molecule has 1 unspecified atom stereocenters. The first kappa shape index (κ1) is 12.8. The van der Waals surface area contributed by atoms with Gasteiger partial charge in [-0.15, -0.1) is 0 Å². The monoisotopic (exact) mass is 244 g/mol. The summed E-state index contributed by atoms with van der Waals surface area (Å²) in [5.41, 5.74) is 0. The molecule has 0 bridgehead atoms. The molecule has 5 heteroatoms. The zero-order chi connectivity index (χ0) is 12.3. The highest BCUT2D eigenvalue weighted by molar-refractivity contribution is 5.69. The maximum Gasteiger partial charge on any atom is 0.308 e. The van der Waals surface area contributed by atoms with Gasteiger partial charge in [0.25, 0.3) is 0 Å². The Kier molecular flexibility index (Phi) is 4.01. The Morgan fingerprint density at radius 3 is 2.82 bits per heavy atom. The summed E-state index contributed by atoms with van der Waals surface area (Å²) in [7, 11) is 1.31. The van der Waals surface area contributed by atoms with Gasteiger partial charge in [0.1, 0.15) is 6.10 Å². The molecule has 0 amide bonds. The summed E-state index contributed by atoms with van der Waals surface area (Å²) >= 11 is 0. The van der Waals surface area contributed by atoms with E-state index in [1.807, 2.05) is 0 Å². The Hall–Kier alpha value is -0.650. The topological polar surface area (TPSA) is 65.0 Å². The van der Waals surface area contributed by atoms with E-state index >= 15 is 0 Å². The van der Waals surface area contributed by atoms with Crippen LogP contribution in [0.3, 0.4) is 0 Å². The Balaban J connectivity index is 1.86. The molecule has 1 heterocycles. The van der Waals surface area contributed by atoms with E-state index < -0.39 is 24.0 Å². The van der Waals surface area contributed by atoms with E-state index in [9.17, 15) is 9.90 Å². The van der Waals surface area contributed by atoms with Crippen molar-refractivity contribution in [2.45, 2.75) is 56.5 Å². The van der Waals surface area contributed by atoms with Crippen LogP contribution in [0.2, 0.25) is 0 Å². The average molecular weight is 244 g/mol. The minimum atomic E-state index is -0.844. The predicted octanol–water partition coefficient (Wildman–Crippen LogP) is 0.986. The molecular weight excluding hydrogens is 224 g/mol. The molecule has 0 aromatic carbocycles. The normalized spacial score (nSPS) is 29.2. The number of hydrogen-bond donors (Lipinski definition) is 1. The molecule has 2 aliphatic rings. The van der Waals surface area contributed by atoms with Crippen molar-refractivity contribution < 1.29 is 24.1 Å². The van der Waals surface area contributed by atoms with Crippen LogP contribution in [0.5, 0.6) is 0 Å². The van der Waals surface area contributed by atoms with Gasteiger partial charge in [0.05, 0.1) is 26.2 Å². The van der Waals surface area contributed by atoms with Gasteiger partial charge in [0, 0.05) is 12.8 Å². The summed E-state index contributed by atoms with van der Waals surface area (Å²) in [5, 5.41) is 9.86. The van der Waals surface area contributed by atoms with E-state index in [4.69, 9.17) is 9.47 Å². The van der Waals surface area contributed by atoms with Gasteiger partial charge in [-0.05, 0) is 12.8 Å². The molecule has 2 rings (SSSR count). The second-order valence-electron chi connectivity index (χ2n) is 4.79. The number of carbonyl (C=O) groups is 1. The molecule has 98 valence electrons. The van der Waals surface area contributed by atoms with Crippen LogP contribution in [0.25, 0.3) is 0 Å². The lowest BCUT2D eigenvalue weighted by Gasteiger charge is -2.32. The van der Waals surface area contributed by atoms with E-state index in [0.717, 1.165) is 25.7 Å². The largest absolute Gasteiger partial charge is 0.469 e. The Labute approximate surface area is 101 Å². The second kappa shape index (κ2) is 5.33. The number of aliphatic hydroxyl groups is 1. The summed E-state index contributed by atoms with van der Waals surface area (Å²) in [4.78, 5) is 11.1. The van der Waals surface area contributed by atoms with Crippen LogP contribution >= 0.6 is 0 Å². The van der Waals surface area contributed by atoms with Crippen LogP contribution in [-0.4, -0.2) is 42.8 Å². The third kappa shape index (κ3) is 2.97. The number of ether oxygens (including phenoxy) is 3. The first-order valence-corrected chi connectivity index (χ1v) is 6.22. The van der Waals surface area contributed by atoms with Gasteiger partial charge in [-0.1, -0.05) is 6.42 Å². The third-order valence-electron chi connectivity index (χ3n) is 3.52. The second-order valence-corrected chi connectivity index (χ2v) is 4.79. The van der Waals surface area contributed by atoms with Crippen LogP contribution in [-0.2, 0) is 19.0 Å². The van der Waals surface area contributed by atoms with Crippen LogP contribution in [0, 0.1) is 0 Å². The lowest BCUT2D eigenvalue weighted by atomic mass is 9.94. The molecular formula is C12H20O5. The molecule has 0 aromatic heterocycles. The van der Waals surface area contributed by atoms with Crippen molar-refractivity contribution in [2.75, 3.05) is 13.7 Å². The van der Waals surface area contributed by atoms with E-state index in [-0.39, 0.29) is 6.42 Å². The van der Waals surface area contributed by atoms with E-state index in [1.165, 1.54) is 13.5 Å². The van der Waals surface area contributed by atoms with Gasteiger partial charge in [-0.25, -0.2) is 0 Å². The van der Waals surface area contributed by atoms with E-state index in [2.05, 4.69) is 4.74 Å². The SMILES string of the molecule is COC(=O)CC(O)[C@H]1COC2(CCCCC2)O1. The van der Waals surface area contributed by atoms with Gasteiger partial charge in [0.15, 0.2) is 5.79 Å². The van der Waals surface area contributed by atoms with Crippen LogP contribution < -0.4 is 0 Å². The molecule has 17 heavy (non-hydrogen) atoms. The molecule has 1 aliphatic heterocycles. The number of hydrogen-bond acceptors (Lipinski definition) is 5. The maximum atomic E-state index is 11.1. The molecule has 1 spiro atoms. The van der Waals surface area contributed by atoms with Crippen molar-refractivity contribution in [3.63, 3.8) is 0 Å². The zero-order valence-electron chi connectivity index (χ0n) is 10.2. The number of aliphatic hydroxyl groups excluding tert-OH is 1. The molecule has 0 aromatic rings. The Bertz CT molecular complexity index is 272. The van der Waals surface area contributed by atoms with Crippen LogP contribution in [0.4, 0.5) is 0 Å². The Morgan fingerprint density at radius 1 is 1.47 bits per heavy atom. The molecule has 1 saturated carbocycles. The number of carbonyl (C=O) groups excluding carboxylic acids is 1. The van der Waals surface area contributed by atoms with Crippen LogP contribution in [0.1, 0.15) is 38.5 Å². The fourth-order valence-electron chi connectivity index (χ4n) is 2.51. The van der Waals surface area contributed by atoms with Gasteiger partial charge in [-0.3, -0.25) is 4.79 Å². The first-order chi connectivity index (χ1) is 8.15. The predicted molar refractivity (Wildman–Crippen MR) is 59.3 cm³/mol. The summed E-state index contributed by atoms with van der Waals surface area (Å²) in [6.07, 6.45) is 3.88. The van der Waals surface area contributed by atoms with Gasteiger partial charge in [-0.2, -0.15) is 0 Å². The smallest absolute Gasteiger partial charge is 0.308 e. The Morgan fingerprint density at radius 2 is 2.18 bits per heavy atom. The van der Waals surface area contributed by atoms with Crippen molar-refractivity contribution in [1.82, 2.24) is 0 Å². The van der Waals surface area contributed by atoms with Crippen molar-refractivity contribution in [3.05, 3.63) is 0 Å². The fourth-order valence-corrected chi connectivity index (χ4v) is 2.51. The number of esters is 1. The van der Waals surface area contributed by atoms with E-state index in [0.29, 0.717) is 6.61 Å². The minimum absolute atomic E-state index is 0.0411. The number of rotatable bonds is 3. The maximum absolute atomic E-state index is 11.1. The van der Waals surface area contributed by atoms with Crippen molar-refractivity contribution >= 4 is 5.97 Å². The standard InChI is InChI=1S/C12H20O5/c1-15-11(14)7-9(13)10-8-16-12(17-10)5-3-2-4-6-12/h9-10,13H,2-8H2,1H3/t9?,10-/m1/s1. The third-order valence-corrected chi connectivity index (χ3v) is 3.52. The molecule has 5 nitrogen and oxygen atoms in total. The minimum Gasteiger partial charge on any atom is -0.469 e. The number of methoxy groups -OCH3 is 1. The molecule has 0 radical (unpaired) electrons. The lowest BCUT2D eigenvalue weighted by molar-refractivity contribution is -0.196. The fraction of sp³-hybridized carbons (Fsp3) is 0.917. The first-order valence-electron chi connectivity index (χ1n) is 6.22. The van der Waals surface area contributed by atoms with E-state index in [1.54, 1.807) is 0 Å². The highest BCUT2D eigenvalue weighted by atomic mass is 16.7. The summed E-state index contributed by atoms with van der Waals surface area (Å²) in [5.74, 6) is -0.925. The summed E-state index contributed by atoms with van der Waals surface area (Å²) < 4.78 is 16.0.